The standard InChI is InChI=1S/C16H22N2O3/c19-14-5-3-13(4-6-14)17-9-11-18(12-10-17)15(20)16(21)7-1-2-8-16/h3-6,19,21H,1-2,7-12H2. The first-order chi connectivity index (χ1) is 10.1. The van der Waals surface area contributed by atoms with Gasteiger partial charge in [0.05, 0.1) is 0 Å². The van der Waals surface area contributed by atoms with Crippen molar-refractivity contribution in [3.8, 4) is 5.75 Å². The van der Waals surface area contributed by atoms with E-state index in [1.165, 1.54) is 0 Å². The molecule has 1 saturated heterocycles. The van der Waals surface area contributed by atoms with Gasteiger partial charge in [0, 0.05) is 31.9 Å². The predicted molar refractivity (Wildman–Crippen MR) is 80.3 cm³/mol. The molecule has 3 rings (SSSR count). The normalized spacial score (nSPS) is 21.6. The molecule has 1 heterocycles. The number of carbonyl (C=O) groups excluding carboxylic acids is 1. The lowest BCUT2D eigenvalue weighted by molar-refractivity contribution is -0.151. The first-order valence-electron chi connectivity index (χ1n) is 7.64. The highest BCUT2D eigenvalue weighted by Crippen LogP contribution is 2.31. The van der Waals surface area contributed by atoms with Gasteiger partial charge in [-0.05, 0) is 49.9 Å². The van der Waals surface area contributed by atoms with Crippen molar-refractivity contribution in [2.24, 2.45) is 0 Å². The topological polar surface area (TPSA) is 64.0 Å². The summed E-state index contributed by atoms with van der Waals surface area (Å²) in [6, 6.07) is 7.12. The van der Waals surface area contributed by atoms with Gasteiger partial charge in [-0.3, -0.25) is 4.79 Å². The molecule has 0 bridgehead atoms. The van der Waals surface area contributed by atoms with Gasteiger partial charge in [-0.25, -0.2) is 0 Å². The zero-order chi connectivity index (χ0) is 14.9. The van der Waals surface area contributed by atoms with Crippen LogP contribution in [0.25, 0.3) is 0 Å². The lowest BCUT2D eigenvalue weighted by Gasteiger charge is -2.39. The fourth-order valence-corrected chi connectivity index (χ4v) is 3.30. The molecule has 2 N–H and O–H groups in total. The van der Waals surface area contributed by atoms with E-state index in [0.29, 0.717) is 25.9 Å². The Morgan fingerprint density at radius 1 is 1.00 bits per heavy atom. The monoisotopic (exact) mass is 290 g/mol. The van der Waals surface area contributed by atoms with Crippen LogP contribution in [0.2, 0.25) is 0 Å². The summed E-state index contributed by atoms with van der Waals surface area (Å²) in [5.41, 5.74) is -0.0553. The van der Waals surface area contributed by atoms with Crippen LogP contribution in [0.1, 0.15) is 25.7 Å². The van der Waals surface area contributed by atoms with Crippen molar-refractivity contribution in [1.82, 2.24) is 4.90 Å². The molecule has 1 aliphatic carbocycles. The highest BCUT2D eigenvalue weighted by atomic mass is 16.3. The predicted octanol–water partition coefficient (Wildman–Crippen LogP) is 1.35. The molecule has 21 heavy (non-hydrogen) atoms. The summed E-state index contributed by atoms with van der Waals surface area (Å²) in [5, 5.41) is 19.7. The number of carbonyl (C=O) groups is 1. The summed E-state index contributed by atoms with van der Waals surface area (Å²) in [6.07, 6.45) is 3.08. The van der Waals surface area contributed by atoms with Crippen LogP contribution in [-0.4, -0.2) is 52.8 Å². The minimum Gasteiger partial charge on any atom is -0.508 e. The third-order valence-electron chi connectivity index (χ3n) is 4.61. The minimum absolute atomic E-state index is 0.0923. The molecule has 5 nitrogen and oxygen atoms in total. The molecule has 0 aromatic heterocycles. The third-order valence-corrected chi connectivity index (χ3v) is 4.61. The number of piperazine rings is 1. The van der Waals surface area contributed by atoms with Crippen LogP contribution >= 0.6 is 0 Å². The number of aromatic hydroxyl groups is 1. The maximum atomic E-state index is 12.4. The maximum Gasteiger partial charge on any atom is 0.254 e. The van der Waals surface area contributed by atoms with Crippen molar-refractivity contribution >= 4 is 11.6 Å². The quantitative estimate of drug-likeness (QED) is 0.863. The number of hydrogen-bond acceptors (Lipinski definition) is 4. The lowest BCUT2D eigenvalue weighted by atomic mass is 10.00. The van der Waals surface area contributed by atoms with E-state index in [2.05, 4.69) is 4.90 Å². The molecule has 0 radical (unpaired) electrons. The summed E-state index contributed by atoms with van der Waals surface area (Å²) >= 11 is 0. The molecule has 1 saturated carbocycles. The molecule has 2 fully saturated rings. The molecule has 0 unspecified atom stereocenters. The molecule has 114 valence electrons. The number of phenols is 1. The molecule has 0 spiro atoms. The number of benzene rings is 1. The van der Waals surface area contributed by atoms with E-state index in [-0.39, 0.29) is 11.7 Å². The van der Waals surface area contributed by atoms with E-state index in [1.807, 2.05) is 12.1 Å². The van der Waals surface area contributed by atoms with Crippen molar-refractivity contribution < 1.29 is 15.0 Å². The summed E-state index contributed by atoms with van der Waals surface area (Å²) in [7, 11) is 0. The van der Waals surface area contributed by atoms with Crippen molar-refractivity contribution in [1.29, 1.82) is 0 Å². The molecule has 1 aromatic rings. The Morgan fingerprint density at radius 3 is 2.14 bits per heavy atom. The Hall–Kier alpha value is -1.75. The van der Waals surface area contributed by atoms with Crippen LogP contribution in [-0.2, 0) is 4.79 Å². The van der Waals surface area contributed by atoms with Crippen LogP contribution in [0.5, 0.6) is 5.75 Å². The van der Waals surface area contributed by atoms with Gasteiger partial charge in [-0.1, -0.05) is 0 Å². The van der Waals surface area contributed by atoms with Gasteiger partial charge >= 0.3 is 0 Å². The number of rotatable bonds is 2. The Bertz CT molecular complexity index is 501. The fourth-order valence-electron chi connectivity index (χ4n) is 3.30. The second-order valence-corrected chi connectivity index (χ2v) is 6.03. The zero-order valence-electron chi connectivity index (χ0n) is 12.2. The van der Waals surface area contributed by atoms with E-state index in [4.69, 9.17) is 0 Å². The van der Waals surface area contributed by atoms with E-state index in [9.17, 15) is 15.0 Å². The molecule has 2 aliphatic rings. The van der Waals surface area contributed by atoms with E-state index < -0.39 is 5.60 Å². The van der Waals surface area contributed by atoms with Gasteiger partial charge in [0.2, 0.25) is 0 Å². The highest BCUT2D eigenvalue weighted by Gasteiger charge is 2.42. The van der Waals surface area contributed by atoms with Gasteiger partial charge in [0.1, 0.15) is 11.4 Å². The number of anilines is 1. The van der Waals surface area contributed by atoms with Crippen LogP contribution in [0, 0.1) is 0 Å². The van der Waals surface area contributed by atoms with Crippen molar-refractivity contribution in [3.05, 3.63) is 24.3 Å². The average molecular weight is 290 g/mol. The minimum atomic E-state index is -1.11. The number of nitrogens with zero attached hydrogens (tertiary/aromatic N) is 2. The van der Waals surface area contributed by atoms with Gasteiger partial charge in [-0.15, -0.1) is 0 Å². The lowest BCUT2D eigenvalue weighted by Crippen LogP contribution is -2.55. The average Bonchev–Trinajstić information content (AvgIpc) is 2.96. The first kappa shape index (κ1) is 14.2. The fraction of sp³-hybridized carbons (Fsp3) is 0.562. The summed E-state index contributed by atoms with van der Waals surface area (Å²) in [4.78, 5) is 16.4. The molecular weight excluding hydrogens is 268 g/mol. The molecule has 1 amide bonds. The summed E-state index contributed by atoms with van der Waals surface area (Å²) in [5.74, 6) is 0.168. The van der Waals surface area contributed by atoms with Crippen LogP contribution < -0.4 is 4.90 Å². The molecule has 0 atom stereocenters. The van der Waals surface area contributed by atoms with Crippen LogP contribution in [0.15, 0.2) is 24.3 Å². The van der Waals surface area contributed by atoms with Crippen LogP contribution in [0.4, 0.5) is 5.69 Å². The Kier molecular flexibility index (Phi) is 3.76. The second kappa shape index (κ2) is 5.56. The van der Waals surface area contributed by atoms with Crippen molar-refractivity contribution in [2.45, 2.75) is 31.3 Å². The van der Waals surface area contributed by atoms with Crippen molar-refractivity contribution in [2.75, 3.05) is 31.1 Å². The maximum absolute atomic E-state index is 12.4. The second-order valence-electron chi connectivity index (χ2n) is 6.03. The number of hydrogen-bond donors (Lipinski definition) is 2. The largest absolute Gasteiger partial charge is 0.508 e. The van der Waals surface area contributed by atoms with E-state index >= 15 is 0 Å². The van der Waals surface area contributed by atoms with Gasteiger partial charge in [0.25, 0.3) is 5.91 Å². The van der Waals surface area contributed by atoms with Gasteiger partial charge < -0.3 is 20.0 Å². The Morgan fingerprint density at radius 2 is 1.57 bits per heavy atom. The summed E-state index contributed by atoms with van der Waals surface area (Å²) in [6.45, 7) is 2.79. The highest BCUT2D eigenvalue weighted by molar-refractivity contribution is 5.85. The third kappa shape index (κ3) is 2.83. The van der Waals surface area contributed by atoms with Crippen molar-refractivity contribution in [3.63, 3.8) is 0 Å². The van der Waals surface area contributed by atoms with E-state index in [0.717, 1.165) is 31.6 Å². The Balaban J connectivity index is 1.60. The molecule has 1 aromatic carbocycles. The molecule has 5 heteroatoms. The molecule has 1 aliphatic heterocycles. The van der Waals surface area contributed by atoms with Crippen LogP contribution in [0.3, 0.4) is 0 Å². The summed E-state index contributed by atoms with van der Waals surface area (Å²) < 4.78 is 0. The first-order valence-corrected chi connectivity index (χ1v) is 7.64. The number of amides is 1. The van der Waals surface area contributed by atoms with Gasteiger partial charge in [-0.2, -0.15) is 0 Å². The van der Waals surface area contributed by atoms with Gasteiger partial charge in [0.15, 0.2) is 0 Å². The number of phenolic OH excluding ortho intramolecular Hbond substituents is 1. The molecular formula is C16H22N2O3. The number of aliphatic hydroxyl groups is 1. The zero-order valence-corrected chi connectivity index (χ0v) is 12.2. The Labute approximate surface area is 124 Å². The smallest absolute Gasteiger partial charge is 0.254 e. The van der Waals surface area contributed by atoms with E-state index in [1.54, 1.807) is 17.0 Å². The SMILES string of the molecule is O=C(N1CCN(c2ccc(O)cc2)CC1)C1(O)CCCC1.